The van der Waals surface area contributed by atoms with Gasteiger partial charge in [-0.2, -0.15) is 0 Å². The summed E-state index contributed by atoms with van der Waals surface area (Å²) in [4.78, 5) is 31.4. The highest BCUT2D eigenvalue weighted by Gasteiger charge is 2.30. The Bertz CT molecular complexity index is 1300. The second-order valence-electron chi connectivity index (χ2n) is 7.98. The van der Waals surface area contributed by atoms with Crippen LogP contribution in [-0.4, -0.2) is 21.5 Å². The molecule has 4 aromatic rings. The predicted octanol–water partition coefficient (Wildman–Crippen LogP) is 4.56. The summed E-state index contributed by atoms with van der Waals surface area (Å²) in [6.07, 6.45) is 2.04. The van der Waals surface area contributed by atoms with Crippen molar-refractivity contribution in [1.82, 2.24) is 14.9 Å². The van der Waals surface area contributed by atoms with Crippen LogP contribution in [0.3, 0.4) is 0 Å². The number of fused-ring (bicyclic) bond motifs is 1. The van der Waals surface area contributed by atoms with Crippen molar-refractivity contribution in [3.8, 4) is 0 Å². The van der Waals surface area contributed by atoms with Crippen molar-refractivity contribution >= 4 is 28.6 Å². The van der Waals surface area contributed by atoms with E-state index in [0.717, 1.165) is 24.0 Å². The van der Waals surface area contributed by atoms with Gasteiger partial charge in [-0.05, 0) is 36.1 Å². The Hall–Kier alpha value is -3.38. The second-order valence-corrected chi connectivity index (χ2v) is 9.05. The van der Waals surface area contributed by atoms with Crippen molar-refractivity contribution in [2.24, 2.45) is 0 Å². The minimum atomic E-state index is -0.494. The van der Waals surface area contributed by atoms with Gasteiger partial charge >= 0.3 is 0 Å². The van der Waals surface area contributed by atoms with E-state index in [4.69, 9.17) is 4.98 Å². The Morgan fingerprint density at radius 2 is 1.62 bits per heavy atom. The van der Waals surface area contributed by atoms with Crippen LogP contribution in [0.1, 0.15) is 29.2 Å². The zero-order valence-corrected chi connectivity index (χ0v) is 18.3. The van der Waals surface area contributed by atoms with Crippen LogP contribution in [-0.2, 0) is 11.3 Å². The first kappa shape index (κ1) is 20.5. The summed E-state index contributed by atoms with van der Waals surface area (Å²) in [7, 11) is 0. The summed E-state index contributed by atoms with van der Waals surface area (Å²) < 4.78 is 1.68. The summed E-state index contributed by atoms with van der Waals surface area (Å²) >= 11 is 1.33. The van der Waals surface area contributed by atoms with Gasteiger partial charge in [0.05, 0.1) is 17.4 Å². The number of nitrogens with one attached hydrogen (secondary N) is 1. The molecule has 1 N–H and O–H groups in total. The monoisotopic (exact) mass is 441 g/mol. The summed E-state index contributed by atoms with van der Waals surface area (Å²) in [5.74, 6) is -0.0441. The number of hydrogen-bond acceptors (Lipinski definition) is 4. The standard InChI is InChI=1S/C26H23N3O2S/c30-24(27-20-15-16-20)23(19-11-5-2-6-12-19)32-26-28-22-14-8-7-13-21(22)25(31)29(26)17-18-9-3-1-4-10-18/h1-14,20,23H,15-17H2,(H,27,30)/t23-/m1/s1. The molecule has 3 aromatic carbocycles. The van der Waals surface area contributed by atoms with Crippen LogP contribution >= 0.6 is 11.8 Å². The summed E-state index contributed by atoms with van der Waals surface area (Å²) in [6.45, 7) is 0.394. The van der Waals surface area contributed by atoms with E-state index >= 15 is 0 Å². The number of nitrogens with zero attached hydrogens (tertiary/aromatic N) is 2. The first-order valence-electron chi connectivity index (χ1n) is 10.7. The average molecular weight is 442 g/mol. The maximum absolute atomic E-state index is 13.4. The zero-order valence-electron chi connectivity index (χ0n) is 17.5. The fourth-order valence-corrected chi connectivity index (χ4v) is 4.76. The van der Waals surface area contributed by atoms with Crippen LogP contribution < -0.4 is 10.9 Å². The Labute approximate surface area is 190 Å². The lowest BCUT2D eigenvalue weighted by molar-refractivity contribution is -0.120. The molecule has 6 heteroatoms. The molecule has 1 aliphatic carbocycles. The molecule has 1 amide bonds. The van der Waals surface area contributed by atoms with E-state index in [9.17, 15) is 9.59 Å². The Balaban J connectivity index is 1.59. The topological polar surface area (TPSA) is 64.0 Å². The third-order valence-electron chi connectivity index (χ3n) is 5.50. The number of carbonyl (C=O) groups excluding carboxylic acids is 1. The predicted molar refractivity (Wildman–Crippen MR) is 128 cm³/mol. The van der Waals surface area contributed by atoms with Crippen LogP contribution in [0, 0.1) is 0 Å². The second kappa shape index (κ2) is 9.01. The highest BCUT2D eigenvalue weighted by molar-refractivity contribution is 8.00. The maximum Gasteiger partial charge on any atom is 0.262 e. The summed E-state index contributed by atoms with van der Waals surface area (Å²) in [5.41, 5.74) is 2.44. The van der Waals surface area contributed by atoms with Gasteiger partial charge in [0.15, 0.2) is 5.16 Å². The molecule has 5 rings (SSSR count). The molecular weight excluding hydrogens is 418 g/mol. The first-order valence-corrected chi connectivity index (χ1v) is 11.6. The fourth-order valence-electron chi connectivity index (χ4n) is 3.65. The minimum absolute atomic E-state index is 0.0441. The van der Waals surface area contributed by atoms with Crippen molar-refractivity contribution in [3.05, 3.63) is 106 Å². The van der Waals surface area contributed by atoms with Gasteiger partial charge in [-0.3, -0.25) is 14.2 Å². The van der Waals surface area contributed by atoms with E-state index in [1.165, 1.54) is 11.8 Å². The SMILES string of the molecule is O=C(NC1CC1)[C@H](Sc1nc2ccccc2c(=O)n1Cc1ccccc1)c1ccccc1. The van der Waals surface area contributed by atoms with E-state index in [1.807, 2.05) is 78.9 Å². The lowest BCUT2D eigenvalue weighted by Gasteiger charge is -2.19. The Morgan fingerprint density at radius 1 is 0.969 bits per heavy atom. The quantitative estimate of drug-likeness (QED) is 0.337. The normalized spacial score (nSPS) is 14.2. The smallest absolute Gasteiger partial charge is 0.262 e. The molecule has 1 fully saturated rings. The largest absolute Gasteiger partial charge is 0.352 e. The third-order valence-corrected chi connectivity index (χ3v) is 6.74. The molecule has 1 aromatic heterocycles. The molecule has 0 saturated heterocycles. The van der Waals surface area contributed by atoms with Crippen molar-refractivity contribution in [1.29, 1.82) is 0 Å². The highest BCUT2D eigenvalue weighted by Crippen LogP contribution is 2.36. The lowest BCUT2D eigenvalue weighted by atomic mass is 10.1. The number of hydrogen-bond donors (Lipinski definition) is 1. The molecule has 1 aliphatic rings. The molecule has 0 radical (unpaired) electrons. The van der Waals surface area contributed by atoms with E-state index in [2.05, 4.69) is 5.32 Å². The van der Waals surface area contributed by atoms with Crippen molar-refractivity contribution in [3.63, 3.8) is 0 Å². The van der Waals surface area contributed by atoms with Gasteiger partial charge in [0, 0.05) is 6.04 Å². The molecule has 0 spiro atoms. The van der Waals surface area contributed by atoms with Gasteiger partial charge in [-0.15, -0.1) is 0 Å². The number of carbonyl (C=O) groups is 1. The molecule has 0 bridgehead atoms. The van der Waals surface area contributed by atoms with Crippen LogP contribution in [0.5, 0.6) is 0 Å². The lowest BCUT2D eigenvalue weighted by Crippen LogP contribution is -2.31. The van der Waals surface area contributed by atoms with Gasteiger partial charge < -0.3 is 5.32 Å². The fraction of sp³-hybridized carbons (Fsp3) is 0.192. The van der Waals surface area contributed by atoms with E-state index in [0.29, 0.717) is 22.6 Å². The van der Waals surface area contributed by atoms with Crippen LogP contribution in [0.2, 0.25) is 0 Å². The third kappa shape index (κ3) is 4.46. The Morgan fingerprint density at radius 3 is 2.34 bits per heavy atom. The van der Waals surface area contributed by atoms with Crippen LogP contribution in [0.15, 0.2) is 94.9 Å². The molecule has 32 heavy (non-hydrogen) atoms. The number of aromatic nitrogens is 2. The van der Waals surface area contributed by atoms with Gasteiger partial charge in [0.2, 0.25) is 5.91 Å². The number of thioether (sulfide) groups is 1. The number of para-hydroxylation sites is 1. The highest BCUT2D eigenvalue weighted by atomic mass is 32.2. The van der Waals surface area contributed by atoms with Gasteiger partial charge in [0.25, 0.3) is 5.56 Å². The number of rotatable bonds is 7. The van der Waals surface area contributed by atoms with Gasteiger partial charge in [0.1, 0.15) is 5.25 Å². The minimum Gasteiger partial charge on any atom is -0.352 e. The first-order chi connectivity index (χ1) is 15.7. The average Bonchev–Trinajstić information content (AvgIpc) is 3.65. The van der Waals surface area contributed by atoms with E-state index in [1.54, 1.807) is 10.6 Å². The van der Waals surface area contributed by atoms with Gasteiger partial charge in [-0.25, -0.2) is 4.98 Å². The van der Waals surface area contributed by atoms with Crippen LogP contribution in [0.4, 0.5) is 0 Å². The van der Waals surface area contributed by atoms with E-state index in [-0.39, 0.29) is 17.5 Å². The molecule has 1 atom stereocenters. The summed E-state index contributed by atoms with van der Waals surface area (Å²) in [5, 5.41) is 3.74. The summed E-state index contributed by atoms with van der Waals surface area (Å²) in [6, 6.07) is 27.2. The molecule has 160 valence electrons. The van der Waals surface area contributed by atoms with E-state index < -0.39 is 5.25 Å². The van der Waals surface area contributed by atoms with Crippen molar-refractivity contribution < 1.29 is 4.79 Å². The molecular formula is C26H23N3O2S. The van der Waals surface area contributed by atoms with Crippen molar-refractivity contribution in [2.75, 3.05) is 0 Å². The van der Waals surface area contributed by atoms with Crippen LogP contribution in [0.25, 0.3) is 10.9 Å². The van der Waals surface area contributed by atoms with Crippen molar-refractivity contribution in [2.45, 2.75) is 35.8 Å². The van der Waals surface area contributed by atoms with Gasteiger partial charge in [-0.1, -0.05) is 84.6 Å². The maximum atomic E-state index is 13.4. The molecule has 1 heterocycles. The molecule has 0 aliphatic heterocycles. The Kier molecular flexibility index (Phi) is 5.77. The molecule has 0 unspecified atom stereocenters. The number of benzene rings is 3. The number of amides is 1. The molecule has 1 saturated carbocycles. The molecule has 5 nitrogen and oxygen atoms in total. The zero-order chi connectivity index (χ0) is 21.9.